The molecule has 0 radical (unpaired) electrons. The van der Waals surface area contributed by atoms with Crippen LogP contribution in [0.2, 0.25) is 0 Å². The number of piperidine rings is 1. The lowest BCUT2D eigenvalue weighted by atomic mass is 9.79. The van der Waals surface area contributed by atoms with Crippen LogP contribution in [0.25, 0.3) is 0 Å². The minimum atomic E-state index is 0.214. The van der Waals surface area contributed by atoms with Crippen LogP contribution in [-0.2, 0) is 4.74 Å². The van der Waals surface area contributed by atoms with E-state index in [1.807, 2.05) is 0 Å². The van der Waals surface area contributed by atoms with Gasteiger partial charge < -0.3 is 15.4 Å². The van der Waals surface area contributed by atoms with E-state index >= 15 is 0 Å². The van der Waals surface area contributed by atoms with Gasteiger partial charge >= 0.3 is 0 Å². The largest absolute Gasteiger partial charge is 0.383 e. The molecule has 16 heavy (non-hydrogen) atoms. The monoisotopic (exact) mass is 228 g/mol. The van der Waals surface area contributed by atoms with E-state index in [0.717, 1.165) is 6.61 Å². The quantitative estimate of drug-likeness (QED) is 0.771. The highest BCUT2D eigenvalue weighted by atomic mass is 16.5. The Hall–Kier alpha value is -0.120. The Morgan fingerprint density at radius 1 is 1.25 bits per heavy atom. The van der Waals surface area contributed by atoms with Crippen molar-refractivity contribution in [2.24, 2.45) is 0 Å². The fraction of sp³-hybridized carbons (Fsp3) is 1.00. The van der Waals surface area contributed by atoms with Crippen LogP contribution in [0, 0.1) is 0 Å². The molecule has 3 heteroatoms. The second kappa shape index (κ2) is 5.03. The molecule has 1 aliphatic rings. The Balaban J connectivity index is 2.54. The zero-order chi connectivity index (χ0) is 12.4. The molecule has 0 spiro atoms. The van der Waals surface area contributed by atoms with Crippen molar-refractivity contribution in [1.82, 2.24) is 10.6 Å². The highest BCUT2D eigenvalue weighted by molar-refractivity contribution is 4.99. The lowest BCUT2D eigenvalue weighted by Gasteiger charge is -2.47. The summed E-state index contributed by atoms with van der Waals surface area (Å²) in [5.74, 6) is 0. The third-order valence-corrected chi connectivity index (χ3v) is 3.13. The third-order valence-electron chi connectivity index (χ3n) is 3.13. The first-order chi connectivity index (χ1) is 7.24. The van der Waals surface area contributed by atoms with Gasteiger partial charge in [-0.15, -0.1) is 0 Å². The predicted molar refractivity (Wildman–Crippen MR) is 68.8 cm³/mol. The van der Waals surface area contributed by atoms with Gasteiger partial charge in [-0.3, -0.25) is 0 Å². The summed E-state index contributed by atoms with van der Waals surface area (Å²) in [5.41, 5.74) is 0.429. The van der Waals surface area contributed by atoms with Crippen molar-refractivity contribution in [2.45, 2.75) is 70.6 Å². The molecule has 3 nitrogen and oxygen atoms in total. The second-order valence-corrected chi connectivity index (χ2v) is 6.52. The van der Waals surface area contributed by atoms with Crippen molar-refractivity contribution in [3.05, 3.63) is 0 Å². The molecule has 1 rings (SSSR count). The maximum absolute atomic E-state index is 5.17. The number of hydrogen-bond acceptors (Lipinski definition) is 3. The van der Waals surface area contributed by atoms with E-state index in [0.29, 0.717) is 12.1 Å². The van der Waals surface area contributed by atoms with Crippen LogP contribution in [0.5, 0.6) is 0 Å². The SMILES string of the molecule is COCC(C)NC1CC(C)(C)NC(C)(C)C1. The van der Waals surface area contributed by atoms with Crippen molar-refractivity contribution in [2.75, 3.05) is 13.7 Å². The van der Waals surface area contributed by atoms with E-state index in [1.54, 1.807) is 7.11 Å². The van der Waals surface area contributed by atoms with Crippen molar-refractivity contribution in [1.29, 1.82) is 0 Å². The van der Waals surface area contributed by atoms with E-state index < -0.39 is 0 Å². The zero-order valence-electron chi connectivity index (χ0n) is 11.7. The fourth-order valence-corrected chi connectivity index (χ4v) is 3.14. The van der Waals surface area contributed by atoms with Gasteiger partial charge in [-0.25, -0.2) is 0 Å². The topological polar surface area (TPSA) is 33.3 Å². The summed E-state index contributed by atoms with van der Waals surface area (Å²) in [5, 5.41) is 7.36. The van der Waals surface area contributed by atoms with E-state index in [1.165, 1.54) is 12.8 Å². The molecule has 0 aromatic carbocycles. The number of ether oxygens (including phenoxy) is 1. The summed E-state index contributed by atoms with van der Waals surface area (Å²) >= 11 is 0. The highest BCUT2D eigenvalue weighted by Crippen LogP contribution is 2.28. The van der Waals surface area contributed by atoms with E-state index in [4.69, 9.17) is 4.74 Å². The molecule has 2 N–H and O–H groups in total. The standard InChI is InChI=1S/C13H28N2O/c1-10(9-16-6)14-11-7-12(2,3)15-13(4,5)8-11/h10-11,14-15H,7-9H2,1-6H3. The van der Waals surface area contributed by atoms with Gasteiger partial charge in [-0.2, -0.15) is 0 Å². The average molecular weight is 228 g/mol. The molecule has 1 unspecified atom stereocenters. The molecular weight excluding hydrogens is 200 g/mol. The van der Waals surface area contributed by atoms with Gasteiger partial charge in [0.15, 0.2) is 0 Å². The molecule has 0 aromatic rings. The molecule has 1 aliphatic heterocycles. The van der Waals surface area contributed by atoms with Crippen LogP contribution >= 0.6 is 0 Å². The highest BCUT2D eigenvalue weighted by Gasteiger charge is 2.37. The van der Waals surface area contributed by atoms with Gasteiger partial charge in [-0.1, -0.05) is 0 Å². The van der Waals surface area contributed by atoms with Gasteiger partial charge in [0.2, 0.25) is 0 Å². The Morgan fingerprint density at radius 3 is 2.19 bits per heavy atom. The minimum Gasteiger partial charge on any atom is -0.383 e. The Kier molecular flexibility index (Phi) is 4.38. The van der Waals surface area contributed by atoms with Crippen molar-refractivity contribution in [3.8, 4) is 0 Å². The average Bonchev–Trinajstić information content (AvgIpc) is 1.96. The molecule has 0 bridgehead atoms. The molecule has 96 valence electrons. The molecule has 1 heterocycles. The van der Waals surface area contributed by atoms with Crippen LogP contribution in [0.3, 0.4) is 0 Å². The molecule has 1 fully saturated rings. The normalized spacial score (nSPS) is 26.6. The first kappa shape index (κ1) is 13.9. The van der Waals surface area contributed by atoms with E-state index in [9.17, 15) is 0 Å². The summed E-state index contributed by atoms with van der Waals surface area (Å²) in [4.78, 5) is 0. The Morgan fingerprint density at radius 2 is 1.75 bits per heavy atom. The van der Waals surface area contributed by atoms with Crippen LogP contribution in [0.15, 0.2) is 0 Å². The van der Waals surface area contributed by atoms with Crippen molar-refractivity contribution < 1.29 is 4.74 Å². The number of methoxy groups -OCH3 is 1. The lowest BCUT2D eigenvalue weighted by molar-refractivity contribution is 0.119. The molecule has 0 saturated carbocycles. The van der Waals surface area contributed by atoms with Gasteiger partial charge in [0.25, 0.3) is 0 Å². The number of hydrogen-bond donors (Lipinski definition) is 2. The van der Waals surface area contributed by atoms with Gasteiger partial charge in [0.05, 0.1) is 6.61 Å². The molecule has 1 saturated heterocycles. The number of rotatable bonds is 4. The molecule has 0 aliphatic carbocycles. The van der Waals surface area contributed by atoms with Gasteiger partial charge in [0, 0.05) is 30.3 Å². The Bertz CT molecular complexity index is 210. The van der Waals surface area contributed by atoms with Gasteiger partial charge in [0.1, 0.15) is 0 Å². The molecule has 0 amide bonds. The smallest absolute Gasteiger partial charge is 0.0613 e. The van der Waals surface area contributed by atoms with Crippen molar-refractivity contribution in [3.63, 3.8) is 0 Å². The first-order valence-electron chi connectivity index (χ1n) is 6.28. The van der Waals surface area contributed by atoms with E-state index in [2.05, 4.69) is 45.3 Å². The van der Waals surface area contributed by atoms with Crippen LogP contribution in [0.1, 0.15) is 47.5 Å². The summed E-state index contributed by atoms with van der Waals surface area (Å²) < 4.78 is 5.17. The number of nitrogens with one attached hydrogen (secondary N) is 2. The zero-order valence-corrected chi connectivity index (χ0v) is 11.7. The summed E-state index contributed by atoms with van der Waals surface area (Å²) in [6.45, 7) is 12.1. The first-order valence-corrected chi connectivity index (χ1v) is 6.28. The minimum absolute atomic E-state index is 0.214. The summed E-state index contributed by atoms with van der Waals surface area (Å²) in [6, 6.07) is 1.01. The summed E-state index contributed by atoms with van der Waals surface area (Å²) in [6.07, 6.45) is 2.34. The maximum Gasteiger partial charge on any atom is 0.0613 e. The van der Waals surface area contributed by atoms with Gasteiger partial charge in [-0.05, 0) is 47.5 Å². The second-order valence-electron chi connectivity index (χ2n) is 6.52. The molecule has 0 aromatic heterocycles. The fourth-order valence-electron chi connectivity index (χ4n) is 3.14. The van der Waals surface area contributed by atoms with Crippen LogP contribution in [0.4, 0.5) is 0 Å². The predicted octanol–water partition coefficient (Wildman–Crippen LogP) is 1.92. The van der Waals surface area contributed by atoms with Crippen LogP contribution in [-0.4, -0.2) is 36.9 Å². The lowest BCUT2D eigenvalue weighted by Crippen LogP contribution is -2.62. The Labute approximate surface area is 100 Å². The third kappa shape index (κ3) is 4.40. The summed E-state index contributed by atoms with van der Waals surface area (Å²) in [7, 11) is 1.76. The molecular formula is C13H28N2O. The molecule has 1 atom stereocenters. The van der Waals surface area contributed by atoms with E-state index in [-0.39, 0.29) is 11.1 Å². The van der Waals surface area contributed by atoms with Crippen molar-refractivity contribution >= 4 is 0 Å². The van der Waals surface area contributed by atoms with Crippen LogP contribution < -0.4 is 10.6 Å². The maximum atomic E-state index is 5.17.